The van der Waals surface area contributed by atoms with E-state index in [4.69, 9.17) is 4.74 Å². The molecule has 106 valence electrons. The fourth-order valence-corrected chi connectivity index (χ4v) is 2.61. The summed E-state index contributed by atoms with van der Waals surface area (Å²) in [6.07, 6.45) is 1.70. The zero-order valence-corrected chi connectivity index (χ0v) is 12.0. The number of fused-ring (bicyclic) bond motifs is 1. The van der Waals surface area contributed by atoms with Gasteiger partial charge in [-0.05, 0) is 31.6 Å². The summed E-state index contributed by atoms with van der Waals surface area (Å²) in [6, 6.07) is 15.2. The predicted octanol–water partition coefficient (Wildman–Crippen LogP) is 3.77. The second kappa shape index (κ2) is 4.77. The molecule has 3 heteroatoms. The Morgan fingerprint density at radius 2 is 1.76 bits per heavy atom. The first-order valence-corrected chi connectivity index (χ1v) is 6.81. The average Bonchev–Trinajstić information content (AvgIpc) is 2.46. The van der Waals surface area contributed by atoms with Crippen LogP contribution in [-0.2, 0) is 10.4 Å². The van der Waals surface area contributed by atoms with Crippen molar-refractivity contribution in [1.82, 2.24) is 0 Å². The SMILES string of the molecule is Cc1ccc(C2(C)Oc3ccccc3C=C2C(=O)O)cc1. The minimum atomic E-state index is -0.992. The minimum absolute atomic E-state index is 0.241. The third kappa shape index (κ3) is 2.21. The molecule has 0 amide bonds. The zero-order chi connectivity index (χ0) is 15.0. The maximum atomic E-state index is 11.7. The largest absolute Gasteiger partial charge is 0.478 e. The first-order chi connectivity index (χ1) is 10.0. The van der Waals surface area contributed by atoms with E-state index in [2.05, 4.69) is 0 Å². The number of carboxylic acid groups (broad SMARTS) is 1. The summed E-state index contributed by atoms with van der Waals surface area (Å²) in [7, 11) is 0. The molecule has 1 atom stereocenters. The molecule has 0 bridgehead atoms. The van der Waals surface area contributed by atoms with Gasteiger partial charge in [-0.2, -0.15) is 0 Å². The molecule has 1 unspecified atom stereocenters. The van der Waals surface area contributed by atoms with Crippen LogP contribution < -0.4 is 4.74 Å². The average molecular weight is 280 g/mol. The van der Waals surface area contributed by atoms with Crippen molar-refractivity contribution in [2.75, 3.05) is 0 Å². The van der Waals surface area contributed by atoms with Crippen molar-refractivity contribution in [3.8, 4) is 5.75 Å². The van der Waals surface area contributed by atoms with Crippen molar-refractivity contribution in [3.63, 3.8) is 0 Å². The van der Waals surface area contributed by atoms with Gasteiger partial charge in [-0.1, -0.05) is 48.0 Å². The minimum Gasteiger partial charge on any atom is -0.478 e. The van der Waals surface area contributed by atoms with Crippen molar-refractivity contribution < 1.29 is 14.6 Å². The summed E-state index contributed by atoms with van der Waals surface area (Å²) < 4.78 is 6.07. The summed E-state index contributed by atoms with van der Waals surface area (Å²) in [5.74, 6) is -0.266. The van der Waals surface area contributed by atoms with Gasteiger partial charge in [-0.3, -0.25) is 0 Å². The molecule has 0 aliphatic carbocycles. The van der Waals surface area contributed by atoms with Gasteiger partial charge in [-0.15, -0.1) is 0 Å². The molecule has 0 radical (unpaired) electrons. The number of aryl methyl sites for hydroxylation is 1. The highest BCUT2D eigenvalue weighted by Gasteiger charge is 2.40. The molecular formula is C18H16O3. The molecule has 0 saturated carbocycles. The number of hydrogen-bond acceptors (Lipinski definition) is 2. The lowest BCUT2D eigenvalue weighted by Gasteiger charge is -2.35. The summed E-state index contributed by atoms with van der Waals surface area (Å²) in [5, 5.41) is 9.57. The van der Waals surface area contributed by atoms with Crippen LogP contribution in [0, 0.1) is 6.92 Å². The zero-order valence-electron chi connectivity index (χ0n) is 12.0. The first kappa shape index (κ1) is 13.4. The summed E-state index contributed by atoms with van der Waals surface area (Å²) >= 11 is 0. The van der Waals surface area contributed by atoms with Crippen LogP contribution in [0.3, 0.4) is 0 Å². The van der Waals surface area contributed by atoms with Crippen LogP contribution >= 0.6 is 0 Å². The van der Waals surface area contributed by atoms with Crippen LogP contribution in [-0.4, -0.2) is 11.1 Å². The lowest BCUT2D eigenvalue weighted by Crippen LogP contribution is -2.37. The Kier molecular flexibility index (Phi) is 3.05. The van der Waals surface area contributed by atoms with Crippen LogP contribution in [0.25, 0.3) is 6.08 Å². The molecule has 1 heterocycles. The Labute approximate surface area is 123 Å². The number of hydrogen-bond donors (Lipinski definition) is 1. The van der Waals surface area contributed by atoms with Gasteiger partial charge in [0, 0.05) is 5.56 Å². The Morgan fingerprint density at radius 3 is 2.43 bits per heavy atom. The van der Waals surface area contributed by atoms with Gasteiger partial charge >= 0.3 is 5.97 Å². The highest BCUT2D eigenvalue weighted by molar-refractivity contribution is 5.96. The van der Waals surface area contributed by atoms with E-state index in [0.717, 1.165) is 16.7 Å². The van der Waals surface area contributed by atoms with Gasteiger partial charge in [0.1, 0.15) is 5.75 Å². The van der Waals surface area contributed by atoms with E-state index in [1.807, 2.05) is 55.5 Å². The monoisotopic (exact) mass is 280 g/mol. The first-order valence-electron chi connectivity index (χ1n) is 6.81. The topological polar surface area (TPSA) is 46.5 Å². The van der Waals surface area contributed by atoms with E-state index in [1.165, 1.54) is 0 Å². The second-order valence-corrected chi connectivity index (χ2v) is 5.40. The van der Waals surface area contributed by atoms with Crippen LogP contribution in [0.4, 0.5) is 0 Å². The molecule has 1 N–H and O–H groups in total. The van der Waals surface area contributed by atoms with Gasteiger partial charge in [0.25, 0.3) is 0 Å². The molecule has 2 aromatic rings. The molecule has 1 aliphatic rings. The smallest absolute Gasteiger partial charge is 0.336 e. The molecule has 0 spiro atoms. The van der Waals surface area contributed by atoms with Crippen molar-refractivity contribution >= 4 is 12.0 Å². The highest BCUT2D eigenvalue weighted by atomic mass is 16.5. The molecule has 0 saturated heterocycles. The number of carboxylic acids is 1. The number of benzene rings is 2. The van der Waals surface area contributed by atoms with Crippen molar-refractivity contribution in [1.29, 1.82) is 0 Å². The molecule has 3 nitrogen and oxygen atoms in total. The Hall–Kier alpha value is -2.55. The summed E-state index contributed by atoms with van der Waals surface area (Å²) in [5.41, 5.74) is 1.99. The number of rotatable bonds is 2. The van der Waals surface area contributed by atoms with E-state index in [0.29, 0.717) is 5.75 Å². The Morgan fingerprint density at radius 1 is 1.10 bits per heavy atom. The molecule has 3 rings (SSSR count). The standard InChI is InChI=1S/C18H16O3/c1-12-7-9-14(10-8-12)18(2)15(17(19)20)11-13-5-3-4-6-16(13)21-18/h3-11H,1-2H3,(H,19,20). The van der Waals surface area contributed by atoms with Crippen molar-refractivity contribution in [2.24, 2.45) is 0 Å². The lowest BCUT2D eigenvalue weighted by molar-refractivity contribution is -0.134. The van der Waals surface area contributed by atoms with Gasteiger partial charge in [0.2, 0.25) is 0 Å². The number of para-hydroxylation sites is 1. The molecule has 1 aliphatic heterocycles. The van der Waals surface area contributed by atoms with E-state index >= 15 is 0 Å². The van der Waals surface area contributed by atoms with Crippen LogP contribution in [0.5, 0.6) is 5.75 Å². The van der Waals surface area contributed by atoms with Crippen molar-refractivity contribution in [3.05, 3.63) is 70.8 Å². The second-order valence-electron chi connectivity index (χ2n) is 5.40. The van der Waals surface area contributed by atoms with Crippen molar-refractivity contribution in [2.45, 2.75) is 19.4 Å². The third-order valence-electron chi connectivity index (χ3n) is 3.88. The van der Waals surface area contributed by atoms with Gasteiger partial charge in [0.15, 0.2) is 5.60 Å². The summed E-state index contributed by atoms with van der Waals surface area (Å²) in [6.45, 7) is 3.80. The number of ether oxygens (including phenoxy) is 1. The fourth-order valence-electron chi connectivity index (χ4n) is 2.61. The molecular weight excluding hydrogens is 264 g/mol. The van der Waals surface area contributed by atoms with Gasteiger partial charge in [0.05, 0.1) is 5.57 Å². The Bertz CT molecular complexity index is 728. The third-order valence-corrected chi connectivity index (χ3v) is 3.88. The van der Waals surface area contributed by atoms with Crippen LogP contribution in [0.1, 0.15) is 23.6 Å². The molecule has 2 aromatic carbocycles. The van der Waals surface area contributed by atoms with E-state index in [-0.39, 0.29) is 5.57 Å². The van der Waals surface area contributed by atoms with E-state index < -0.39 is 11.6 Å². The summed E-state index contributed by atoms with van der Waals surface area (Å²) in [4.78, 5) is 11.7. The maximum Gasteiger partial charge on any atom is 0.336 e. The van der Waals surface area contributed by atoms with Gasteiger partial charge < -0.3 is 9.84 Å². The lowest BCUT2D eigenvalue weighted by atomic mass is 9.84. The predicted molar refractivity (Wildman–Crippen MR) is 81.2 cm³/mol. The molecule has 0 fully saturated rings. The molecule has 21 heavy (non-hydrogen) atoms. The fraction of sp³-hybridized carbons (Fsp3) is 0.167. The van der Waals surface area contributed by atoms with E-state index in [9.17, 15) is 9.90 Å². The van der Waals surface area contributed by atoms with Gasteiger partial charge in [-0.25, -0.2) is 4.79 Å². The Balaban J connectivity index is 2.17. The van der Waals surface area contributed by atoms with E-state index in [1.54, 1.807) is 13.0 Å². The quantitative estimate of drug-likeness (QED) is 0.910. The highest BCUT2D eigenvalue weighted by Crippen LogP contribution is 2.41. The molecule has 0 aromatic heterocycles. The number of carbonyl (C=O) groups is 1. The maximum absolute atomic E-state index is 11.7. The normalized spacial score (nSPS) is 20.2. The van der Waals surface area contributed by atoms with Crippen LogP contribution in [0.2, 0.25) is 0 Å². The van der Waals surface area contributed by atoms with Crippen LogP contribution in [0.15, 0.2) is 54.1 Å². The number of aliphatic carboxylic acids is 1.